The van der Waals surface area contributed by atoms with Crippen LogP contribution in [0.25, 0.3) is 0 Å². The van der Waals surface area contributed by atoms with E-state index >= 15 is 0 Å². The van der Waals surface area contributed by atoms with Crippen molar-refractivity contribution in [2.75, 3.05) is 20.3 Å². The molecule has 198 valence electrons. The average Bonchev–Trinajstić information content (AvgIpc) is 2.94. The maximum Gasteiger partial charge on any atom is 0.222 e. The maximum atomic E-state index is 13.2. The minimum Gasteiger partial charge on any atom is -0.457 e. The Bertz CT molecular complexity index is 1080. The number of para-hydroxylation sites is 1. The predicted molar refractivity (Wildman–Crippen MR) is 146 cm³/mol. The highest BCUT2D eigenvalue weighted by Crippen LogP contribution is 2.35. The summed E-state index contributed by atoms with van der Waals surface area (Å²) in [5, 5.41) is 0. The quantitative estimate of drug-likeness (QED) is 0.506. The number of carbonyl (C=O) groups excluding carboxylic acids is 1. The standard InChI is InChI=1S/C30H40N4O3/c1-33(24-8-4-2-5-9-24)29(35)15-14-28(22-16-18-36-19-17-22)34-21-23-20-26(12-13-27(23)32-30(34)31)37-25-10-6-3-7-11-25/h3,6-7,10-13,20,22,24,28H,2,4-5,8-9,14-19,21H2,1H3,(H2,31,32)/t28-/m0/s1. The molecule has 7 heteroatoms. The van der Waals surface area contributed by atoms with Gasteiger partial charge in [0.25, 0.3) is 0 Å². The van der Waals surface area contributed by atoms with Crippen LogP contribution in [0.1, 0.15) is 63.4 Å². The highest BCUT2D eigenvalue weighted by Gasteiger charge is 2.34. The first kappa shape index (κ1) is 25.6. The van der Waals surface area contributed by atoms with Crippen molar-refractivity contribution in [3.63, 3.8) is 0 Å². The van der Waals surface area contributed by atoms with Crippen molar-refractivity contribution >= 4 is 17.6 Å². The number of hydrogen-bond acceptors (Lipinski definition) is 6. The maximum absolute atomic E-state index is 13.2. The summed E-state index contributed by atoms with van der Waals surface area (Å²) in [6, 6.07) is 16.3. The van der Waals surface area contributed by atoms with E-state index in [9.17, 15) is 4.79 Å². The molecule has 1 atom stereocenters. The van der Waals surface area contributed by atoms with Crippen LogP contribution >= 0.6 is 0 Å². The predicted octanol–water partition coefficient (Wildman–Crippen LogP) is 5.61. The molecule has 1 amide bonds. The normalized spacial score (nSPS) is 19.6. The lowest BCUT2D eigenvalue weighted by molar-refractivity contribution is -0.133. The SMILES string of the molecule is CN(C(=O)CC[C@@H](C1CCOCC1)N1Cc2cc(Oc3ccccc3)ccc2N=C1N)C1CCCCC1. The van der Waals surface area contributed by atoms with Crippen LogP contribution in [0.15, 0.2) is 53.5 Å². The van der Waals surface area contributed by atoms with Crippen LogP contribution in [0.4, 0.5) is 5.69 Å². The number of guanidine groups is 1. The molecule has 1 saturated heterocycles. The van der Waals surface area contributed by atoms with Crippen LogP contribution in [-0.2, 0) is 16.1 Å². The summed E-state index contributed by atoms with van der Waals surface area (Å²) in [5.74, 6) is 2.79. The number of rotatable bonds is 8. The number of amides is 1. The Kier molecular flexibility index (Phi) is 8.29. The monoisotopic (exact) mass is 504 g/mol. The Balaban J connectivity index is 1.31. The van der Waals surface area contributed by atoms with E-state index in [4.69, 9.17) is 20.2 Å². The first-order valence-electron chi connectivity index (χ1n) is 13.9. The number of aliphatic imine (C=N–C) groups is 1. The summed E-state index contributed by atoms with van der Waals surface area (Å²) in [5.41, 5.74) is 8.53. The highest BCUT2D eigenvalue weighted by atomic mass is 16.5. The van der Waals surface area contributed by atoms with Gasteiger partial charge in [-0.3, -0.25) is 4.79 Å². The van der Waals surface area contributed by atoms with Crippen molar-refractivity contribution in [1.29, 1.82) is 0 Å². The third kappa shape index (κ3) is 6.27. The lowest BCUT2D eigenvalue weighted by atomic mass is 9.86. The molecule has 2 N–H and O–H groups in total. The van der Waals surface area contributed by atoms with Crippen molar-refractivity contribution < 1.29 is 14.3 Å². The molecule has 2 heterocycles. The molecule has 2 aromatic carbocycles. The van der Waals surface area contributed by atoms with E-state index in [-0.39, 0.29) is 11.9 Å². The van der Waals surface area contributed by atoms with E-state index in [1.54, 1.807) is 0 Å². The zero-order valence-electron chi connectivity index (χ0n) is 22.0. The second kappa shape index (κ2) is 12.0. The van der Waals surface area contributed by atoms with Gasteiger partial charge < -0.3 is 25.0 Å². The average molecular weight is 505 g/mol. The van der Waals surface area contributed by atoms with E-state index < -0.39 is 0 Å². The molecular weight excluding hydrogens is 464 g/mol. The first-order valence-corrected chi connectivity index (χ1v) is 13.9. The molecule has 0 bridgehead atoms. The van der Waals surface area contributed by atoms with E-state index in [0.717, 1.165) is 68.1 Å². The Morgan fingerprint density at radius 2 is 1.84 bits per heavy atom. The number of nitrogens with zero attached hydrogens (tertiary/aromatic N) is 3. The second-order valence-corrected chi connectivity index (χ2v) is 10.7. The van der Waals surface area contributed by atoms with Crippen molar-refractivity contribution in [3.05, 3.63) is 54.1 Å². The summed E-state index contributed by atoms with van der Waals surface area (Å²) in [4.78, 5) is 22.2. The molecule has 1 saturated carbocycles. The molecule has 2 aliphatic heterocycles. The minimum atomic E-state index is 0.142. The molecule has 5 rings (SSSR count). The molecule has 0 aromatic heterocycles. The Morgan fingerprint density at radius 3 is 2.59 bits per heavy atom. The van der Waals surface area contributed by atoms with Gasteiger partial charge in [-0.15, -0.1) is 0 Å². The molecule has 2 aromatic rings. The van der Waals surface area contributed by atoms with E-state index in [1.165, 1.54) is 19.3 Å². The minimum absolute atomic E-state index is 0.142. The number of hydrogen-bond donors (Lipinski definition) is 1. The lowest BCUT2D eigenvalue weighted by Gasteiger charge is -2.41. The topological polar surface area (TPSA) is 80.4 Å². The van der Waals surface area contributed by atoms with Crippen LogP contribution < -0.4 is 10.5 Å². The molecule has 1 aliphatic carbocycles. The van der Waals surface area contributed by atoms with E-state index in [1.807, 2.05) is 54.4 Å². The molecule has 0 spiro atoms. The number of fused-ring (bicyclic) bond motifs is 1. The van der Waals surface area contributed by atoms with Gasteiger partial charge in [-0.05, 0) is 68.4 Å². The number of nitrogens with two attached hydrogens (primary N) is 1. The molecule has 3 aliphatic rings. The molecule has 37 heavy (non-hydrogen) atoms. The first-order chi connectivity index (χ1) is 18.1. The molecule has 2 fully saturated rings. The van der Waals surface area contributed by atoms with Crippen molar-refractivity contribution in [2.24, 2.45) is 16.6 Å². The third-order valence-corrected chi connectivity index (χ3v) is 8.28. The Labute approximate surface area is 220 Å². The van der Waals surface area contributed by atoms with E-state index in [2.05, 4.69) is 11.0 Å². The van der Waals surface area contributed by atoms with Gasteiger partial charge in [0.2, 0.25) is 5.91 Å². The van der Waals surface area contributed by atoms with Crippen LogP contribution in [0, 0.1) is 5.92 Å². The zero-order chi connectivity index (χ0) is 25.6. The van der Waals surface area contributed by atoms with Gasteiger partial charge in [-0.25, -0.2) is 4.99 Å². The molecular formula is C30H40N4O3. The number of ether oxygens (including phenoxy) is 2. The van der Waals surface area contributed by atoms with Crippen LogP contribution in [0.2, 0.25) is 0 Å². The fourth-order valence-corrected chi connectivity index (χ4v) is 6.09. The summed E-state index contributed by atoms with van der Waals surface area (Å²) in [7, 11) is 1.99. The van der Waals surface area contributed by atoms with Gasteiger partial charge in [0, 0.05) is 50.9 Å². The lowest BCUT2D eigenvalue weighted by Crippen LogP contribution is -2.50. The smallest absolute Gasteiger partial charge is 0.222 e. The van der Waals surface area contributed by atoms with Gasteiger partial charge in [-0.1, -0.05) is 37.5 Å². The summed E-state index contributed by atoms with van der Waals surface area (Å²) < 4.78 is 11.7. The largest absolute Gasteiger partial charge is 0.457 e. The van der Waals surface area contributed by atoms with Crippen molar-refractivity contribution in [1.82, 2.24) is 9.80 Å². The van der Waals surface area contributed by atoms with Crippen LogP contribution in [0.5, 0.6) is 11.5 Å². The fraction of sp³-hybridized carbons (Fsp3) is 0.533. The second-order valence-electron chi connectivity index (χ2n) is 10.7. The van der Waals surface area contributed by atoms with Gasteiger partial charge in [-0.2, -0.15) is 0 Å². The van der Waals surface area contributed by atoms with Crippen LogP contribution in [-0.4, -0.2) is 54.0 Å². The molecule has 0 unspecified atom stereocenters. The zero-order valence-corrected chi connectivity index (χ0v) is 22.0. The van der Waals surface area contributed by atoms with Crippen LogP contribution in [0.3, 0.4) is 0 Å². The van der Waals surface area contributed by atoms with Gasteiger partial charge >= 0.3 is 0 Å². The van der Waals surface area contributed by atoms with E-state index in [0.29, 0.717) is 30.9 Å². The Hall–Kier alpha value is -3.06. The summed E-state index contributed by atoms with van der Waals surface area (Å²) in [6.07, 6.45) is 9.25. The van der Waals surface area contributed by atoms with Crippen molar-refractivity contribution in [2.45, 2.75) is 76.4 Å². The van der Waals surface area contributed by atoms with Crippen molar-refractivity contribution in [3.8, 4) is 11.5 Å². The fourth-order valence-electron chi connectivity index (χ4n) is 6.09. The third-order valence-electron chi connectivity index (χ3n) is 8.28. The molecule has 7 nitrogen and oxygen atoms in total. The van der Waals surface area contributed by atoms with Gasteiger partial charge in [0.1, 0.15) is 11.5 Å². The highest BCUT2D eigenvalue weighted by molar-refractivity contribution is 5.84. The molecule has 0 radical (unpaired) electrons. The number of benzene rings is 2. The van der Waals surface area contributed by atoms with Gasteiger partial charge in [0.15, 0.2) is 5.96 Å². The van der Waals surface area contributed by atoms with Gasteiger partial charge in [0.05, 0.1) is 5.69 Å². The summed E-state index contributed by atoms with van der Waals surface area (Å²) in [6.45, 7) is 2.17. The summed E-state index contributed by atoms with van der Waals surface area (Å²) >= 11 is 0. The number of carbonyl (C=O) groups is 1. The Morgan fingerprint density at radius 1 is 1.08 bits per heavy atom.